The van der Waals surface area contributed by atoms with Crippen LogP contribution in [-0.2, 0) is 6.54 Å². The van der Waals surface area contributed by atoms with Gasteiger partial charge >= 0.3 is 0 Å². The topological polar surface area (TPSA) is 53.5 Å². The van der Waals surface area contributed by atoms with E-state index in [1.54, 1.807) is 25.4 Å². The molecule has 0 unspecified atom stereocenters. The van der Waals surface area contributed by atoms with Crippen molar-refractivity contribution in [3.05, 3.63) is 72.2 Å². The first-order valence-electron chi connectivity index (χ1n) is 9.67. The molecule has 1 aliphatic rings. The van der Waals surface area contributed by atoms with Gasteiger partial charge in [0.15, 0.2) is 0 Å². The van der Waals surface area contributed by atoms with E-state index in [0.717, 1.165) is 49.0 Å². The molecule has 6 nitrogen and oxygen atoms in total. The van der Waals surface area contributed by atoms with Crippen molar-refractivity contribution in [1.29, 1.82) is 0 Å². The van der Waals surface area contributed by atoms with Gasteiger partial charge < -0.3 is 19.9 Å². The minimum absolute atomic E-state index is 0.237. The molecular formula is C22H24FN5O. The number of ether oxygens (including phenoxy) is 1. The number of hydrogen-bond acceptors (Lipinski definition) is 6. The highest BCUT2D eigenvalue weighted by molar-refractivity contribution is 5.59. The first kappa shape index (κ1) is 19.0. The van der Waals surface area contributed by atoms with Gasteiger partial charge in [-0.2, -0.15) is 4.98 Å². The molecule has 1 aliphatic heterocycles. The Bertz CT molecular complexity index is 942. The molecule has 29 heavy (non-hydrogen) atoms. The molecule has 150 valence electrons. The number of halogens is 1. The van der Waals surface area contributed by atoms with Crippen molar-refractivity contribution in [2.45, 2.75) is 6.54 Å². The van der Waals surface area contributed by atoms with Crippen LogP contribution in [0.2, 0.25) is 0 Å². The molecule has 7 heteroatoms. The van der Waals surface area contributed by atoms with Gasteiger partial charge in [-0.25, -0.2) is 9.37 Å². The molecule has 1 saturated heterocycles. The molecule has 0 saturated carbocycles. The van der Waals surface area contributed by atoms with Crippen molar-refractivity contribution < 1.29 is 9.13 Å². The predicted molar refractivity (Wildman–Crippen MR) is 113 cm³/mol. The van der Waals surface area contributed by atoms with Crippen molar-refractivity contribution >= 4 is 17.5 Å². The number of aromatic nitrogens is 2. The van der Waals surface area contributed by atoms with Gasteiger partial charge in [0.25, 0.3) is 0 Å². The molecule has 1 N–H and O–H groups in total. The highest BCUT2D eigenvalue weighted by Gasteiger charge is 2.20. The van der Waals surface area contributed by atoms with E-state index in [1.807, 2.05) is 24.3 Å². The maximum atomic E-state index is 13.0. The third-order valence-electron chi connectivity index (χ3n) is 5.03. The van der Waals surface area contributed by atoms with Crippen molar-refractivity contribution in [3.63, 3.8) is 0 Å². The van der Waals surface area contributed by atoms with Gasteiger partial charge in [-0.15, -0.1) is 0 Å². The summed E-state index contributed by atoms with van der Waals surface area (Å²) in [6.45, 7) is 4.07. The van der Waals surface area contributed by atoms with Crippen molar-refractivity contribution in [2.75, 3.05) is 48.4 Å². The Hall–Kier alpha value is -3.35. The smallest absolute Gasteiger partial charge is 0.224 e. The lowest BCUT2D eigenvalue weighted by Gasteiger charge is -2.37. The third-order valence-corrected chi connectivity index (χ3v) is 5.03. The van der Waals surface area contributed by atoms with Crippen LogP contribution >= 0.6 is 0 Å². The normalized spacial score (nSPS) is 14.0. The monoisotopic (exact) mass is 393 g/mol. The summed E-state index contributed by atoms with van der Waals surface area (Å²) in [6, 6.07) is 16.5. The minimum atomic E-state index is -0.237. The highest BCUT2D eigenvalue weighted by Crippen LogP contribution is 2.29. The van der Waals surface area contributed by atoms with E-state index in [0.29, 0.717) is 12.5 Å². The molecule has 0 amide bonds. The van der Waals surface area contributed by atoms with Crippen LogP contribution in [0.15, 0.2) is 60.8 Å². The van der Waals surface area contributed by atoms with Crippen molar-refractivity contribution in [2.24, 2.45) is 0 Å². The van der Waals surface area contributed by atoms with Crippen LogP contribution < -0.4 is 19.9 Å². The molecule has 2 heterocycles. The zero-order valence-corrected chi connectivity index (χ0v) is 16.4. The number of anilines is 3. The van der Waals surface area contributed by atoms with Gasteiger partial charge in [0, 0.05) is 38.9 Å². The van der Waals surface area contributed by atoms with Crippen LogP contribution in [0.1, 0.15) is 5.56 Å². The lowest BCUT2D eigenvalue weighted by Crippen LogP contribution is -2.47. The third kappa shape index (κ3) is 4.56. The number of nitrogens with zero attached hydrogens (tertiary/aromatic N) is 4. The fourth-order valence-corrected chi connectivity index (χ4v) is 3.46. The summed E-state index contributed by atoms with van der Waals surface area (Å²) >= 11 is 0. The second kappa shape index (κ2) is 8.77. The Kier molecular flexibility index (Phi) is 5.74. The zero-order chi connectivity index (χ0) is 20.1. The lowest BCUT2D eigenvalue weighted by atomic mass is 10.2. The quantitative estimate of drug-likeness (QED) is 0.691. The Morgan fingerprint density at radius 3 is 2.45 bits per heavy atom. The average Bonchev–Trinajstić information content (AvgIpc) is 2.79. The van der Waals surface area contributed by atoms with Crippen LogP contribution in [0, 0.1) is 5.82 Å². The second-order valence-corrected chi connectivity index (χ2v) is 6.86. The Morgan fingerprint density at radius 1 is 0.966 bits per heavy atom. The van der Waals surface area contributed by atoms with E-state index >= 15 is 0 Å². The number of hydrogen-bond donors (Lipinski definition) is 1. The highest BCUT2D eigenvalue weighted by atomic mass is 19.1. The largest absolute Gasteiger partial charge is 0.495 e. The van der Waals surface area contributed by atoms with E-state index in [1.165, 1.54) is 12.1 Å². The summed E-state index contributed by atoms with van der Waals surface area (Å²) < 4.78 is 18.5. The van der Waals surface area contributed by atoms with E-state index < -0.39 is 0 Å². The molecule has 0 spiro atoms. The maximum Gasteiger partial charge on any atom is 0.224 e. The first-order valence-corrected chi connectivity index (χ1v) is 9.67. The number of rotatable bonds is 6. The van der Waals surface area contributed by atoms with Gasteiger partial charge in [0.05, 0.1) is 12.8 Å². The Balaban J connectivity index is 1.37. The van der Waals surface area contributed by atoms with Crippen molar-refractivity contribution in [3.8, 4) is 5.75 Å². The summed E-state index contributed by atoms with van der Waals surface area (Å²) in [4.78, 5) is 13.5. The number of nitrogens with one attached hydrogen (secondary N) is 1. The molecule has 1 aromatic heterocycles. The van der Waals surface area contributed by atoms with Gasteiger partial charge in [0.1, 0.15) is 17.4 Å². The Morgan fingerprint density at radius 2 is 1.69 bits per heavy atom. The lowest BCUT2D eigenvalue weighted by molar-refractivity contribution is 0.413. The molecule has 3 aromatic rings. The van der Waals surface area contributed by atoms with E-state index in [-0.39, 0.29) is 5.82 Å². The van der Waals surface area contributed by atoms with E-state index in [4.69, 9.17) is 4.74 Å². The molecule has 1 fully saturated rings. The van der Waals surface area contributed by atoms with Gasteiger partial charge in [-0.05, 0) is 35.9 Å². The van der Waals surface area contributed by atoms with Gasteiger partial charge in [-0.1, -0.05) is 24.3 Å². The second-order valence-electron chi connectivity index (χ2n) is 6.86. The fraction of sp³-hybridized carbons (Fsp3) is 0.273. The molecule has 2 aromatic carbocycles. The summed E-state index contributed by atoms with van der Waals surface area (Å²) in [5.41, 5.74) is 2.10. The standard InChI is InChI=1S/C22H24FN5O/c1-29-20-5-3-2-4-19(20)27-12-14-28(15-13-27)21-10-11-24-22(26-21)25-16-17-6-8-18(23)9-7-17/h2-11H,12-16H2,1H3,(H,24,25,26). The molecule has 4 rings (SSSR count). The minimum Gasteiger partial charge on any atom is -0.495 e. The fourth-order valence-electron chi connectivity index (χ4n) is 3.46. The van der Waals surface area contributed by atoms with Crippen LogP contribution in [-0.4, -0.2) is 43.3 Å². The molecule has 0 atom stereocenters. The van der Waals surface area contributed by atoms with Crippen LogP contribution in [0.25, 0.3) is 0 Å². The van der Waals surface area contributed by atoms with Crippen molar-refractivity contribution in [1.82, 2.24) is 9.97 Å². The predicted octanol–water partition coefficient (Wildman–Crippen LogP) is 3.56. The van der Waals surface area contributed by atoms with E-state index in [2.05, 4.69) is 31.2 Å². The molecule has 0 aliphatic carbocycles. The SMILES string of the molecule is COc1ccccc1N1CCN(c2ccnc(NCc3ccc(F)cc3)n2)CC1. The Labute approximate surface area is 170 Å². The molecule has 0 radical (unpaired) electrons. The summed E-state index contributed by atoms with van der Waals surface area (Å²) in [5, 5.41) is 3.21. The summed E-state index contributed by atoms with van der Waals surface area (Å²) in [5.74, 6) is 2.13. The number of methoxy groups -OCH3 is 1. The number of piperazine rings is 1. The summed E-state index contributed by atoms with van der Waals surface area (Å²) in [6.07, 6.45) is 1.77. The number of benzene rings is 2. The van der Waals surface area contributed by atoms with Crippen LogP contribution in [0.4, 0.5) is 21.8 Å². The molecule has 0 bridgehead atoms. The van der Waals surface area contributed by atoms with Gasteiger partial charge in [0.2, 0.25) is 5.95 Å². The average molecular weight is 393 g/mol. The first-order chi connectivity index (χ1) is 14.2. The van der Waals surface area contributed by atoms with Crippen LogP contribution in [0.3, 0.4) is 0 Å². The molecular weight excluding hydrogens is 369 g/mol. The van der Waals surface area contributed by atoms with Crippen LogP contribution in [0.5, 0.6) is 5.75 Å². The summed E-state index contributed by atoms with van der Waals surface area (Å²) in [7, 11) is 1.70. The zero-order valence-electron chi connectivity index (χ0n) is 16.4. The number of para-hydroxylation sites is 2. The maximum absolute atomic E-state index is 13.0. The van der Waals surface area contributed by atoms with Gasteiger partial charge in [-0.3, -0.25) is 0 Å². The van der Waals surface area contributed by atoms with E-state index in [9.17, 15) is 4.39 Å².